The third-order valence-corrected chi connectivity index (χ3v) is 2.23. The Kier molecular flexibility index (Phi) is 2.56. The highest BCUT2D eigenvalue weighted by atomic mass is 35.5. The molecule has 0 aromatic heterocycles. The van der Waals surface area contributed by atoms with Gasteiger partial charge in [-0.2, -0.15) is 0 Å². The van der Waals surface area contributed by atoms with E-state index >= 15 is 0 Å². The van der Waals surface area contributed by atoms with Gasteiger partial charge in [-0.25, -0.2) is 0 Å². The van der Waals surface area contributed by atoms with E-state index in [-0.39, 0.29) is 0 Å². The first kappa shape index (κ1) is 8.61. The number of hydrogen-bond donors (Lipinski definition) is 0. The van der Waals surface area contributed by atoms with Crippen molar-refractivity contribution in [2.24, 2.45) is 0 Å². The number of alkyl halides is 1. The summed E-state index contributed by atoms with van der Waals surface area (Å²) >= 11 is 5.74. The summed E-state index contributed by atoms with van der Waals surface area (Å²) in [5.74, 6) is 0.590. The van der Waals surface area contributed by atoms with Gasteiger partial charge in [0.1, 0.15) is 0 Å². The van der Waals surface area contributed by atoms with Crippen LogP contribution in [-0.2, 0) is 5.88 Å². The van der Waals surface area contributed by atoms with Crippen LogP contribution in [0, 0.1) is 20.8 Å². The van der Waals surface area contributed by atoms with Gasteiger partial charge in [-0.05, 0) is 43.0 Å². The highest BCUT2D eigenvalue weighted by Crippen LogP contribution is 2.16. The Morgan fingerprint density at radius 1 is 1.27 bits per heavy atom. The molecule has 0 aliphatic heterocycles. The average molecular weight is 168 g/mol. The zero-order chi connectivity index (χ0) is 8.43. The van der Waals surface area contributed by atoms with Crippen molar-refractivity contribution in [3.63, 3.8) is 0 Å². The zero-order valence-electron chi connectivity index (χ0n) is 6.95. The Hall–Kier alpha value is -0.490. The molecular formula is C10H12Cl. The fourth-order valence-corrected chi connectivity index (χ4v) is 1.37. The van der Waals surface area contributed by atoms with Crippen molar-refractivity contribution < 1.29 is 0 Å². The number of hydrogen-bond acceptors (Lipinski definition) is 0. The maximum Gasteiger partial charge on any atom is 0.0476 e. The van der Waals surface area contributed by atoms with Crippen LogP contribution in [0.5, 0.6) is 0 Å². The van der Waals surface area contributed by atoms with E-state index in [1.165, 1.54) is 16.7 Å². The lowest BCUT2D eigenvalue weighted by Crippen LogP contribution is -1.89. The van der Waals surface area contributed by atoms with E-state index in [2.05, 4.69) is 32.9 Å². The predicted molar refractivity (Wildman–Crippen MR) is 49.9 cm³/mol. The molecule has 0 aliphatic carbocycles. The Labute approximate surface area is 73.2 Å². The van der Waals surface area contributed by atoms with Crippen LogP contribution >= 0.6 is 11.6 Å². The van der Waals surface area contributed by atoms with Gasteiger partial charge in [-0.1, -0.05) is 12.1 Å². The monoisotopic (exact) mass is 167 g/mol. The fourth-order valence-electron chi connectivity index (χ4n) is 1.08. The molecule has 0 heterocycles. The summed E-state index contributed by atoms with van der Waals surface area (Å²) in [7, 11) is 0. The minimum absolute atomic E-state index is 0.590. The molecule has 0 saturated carbocycles. The van der Waals surface area contributed by atoms with Crippen molar-refractivity contribution in [2.75, 3.05) is 0 Å². The molecule has 1 radical (unpaired) electrons. The summed E-state index contributed by atoms with van der Waals surface area (Å²) in [6, 6.07) is 4.18. The third-order valence-electron chi connectivity index (χ3n) is 1.94. The van der Waals surface area contributed by atoms with Crippen LogP contribution < -0.4 is 0 Å². The smallest absolute Gasteiger partial charge is 0.0476 e. The van der Waals surface area contributed by atoms with Crippen molar-refractivity contribution >= 4 is 11.6 Å². The maximum absolute atomic E-state index is 5.74. The van der Waals surface area contributed by atoms with Gasteiger partial charge in [0.25, 0.3) is 0 Å². The Balaban J connectivity index is 3.21. The molecule has 0 spiro atoms. The molecule has 1 aromatic carbocycles. The minimum Gasteiger partial charge on any atom is -0.122 e. The van der Waals surface area contributed by atoms with Gasteiger partial charge < -0.3 is 0 Å². The summed E-state index contributed by atoms with van der Waals surface area (Å²) in [5, 5.41) is 0. The Morgan fingerprint density at radius 3 is 2.45 bits per heavy atom. The number of aryl methyl sites for hydroxylation is 2. The molecular weight excluding hydrogens is 156 g/mol. The van der Waals surface area contributed by atoms with Gasteiger partial charge >= 0.3 is 0 Å². The summed E-state index contributed by atoms with van der Waals surface area (Å²) < 4.78 is 0. The van der Waals surface area contributed by atoms with Crippen molar-refractivity contribution in [1.82, 2.24) is 0 Å². The fraction of sp³-hybridized carbons (Fsp3) is 0.300. The van der Waals surface area contributed by atoms with Crippen LogP contribution in [0.3, 0.4) is 0 Å². The standard InChI is InChI=1S/C10H12Cl/c1-7-4-9(3)10(6-11)5-8(7)2/h4-5H,1,6H2,2-3H3. The molecule has 0 atom stereocenters. The van der Waals surface area contributed by atoms with Crippen LogP contribution in [-0.4, -0.2) is 0 Å². The highest BCUT2D eigenvalue weighted by Gasteiger charge is 1.99. The van der Waals surface area contributed by atoms with E-state index in [4.69, 9.17) is 11.6 Å². The molecule has 0 amide bonds. The van der Waals surface area contributed by atoms with Crippen molar-refractivity contribution in [3.8, 4) is 0 Å². The predicted octanol–water partition coefficient (Wildman–Crippen LogP) is 3.22. The molecule has 0 nitrogen and oxygen atoms in total. The normalized spacial score (nSPS) is 10.2. The summed E-state index contributed by atoms with van der Waals surface area (Å²) in [6.45, 7) is 8.03. The lowest BCUT2D eigenvalue weighted by Gasteiger charge is -2.05. The number of halogens is 1. The molecule has 1 heteroatoms. The van der Waals surface area contributed by atoms with E-state index in [1.807, 2.05) is 0 Å². The van der Waals surface area contributed by atoms with E-state index in [9.17, 15) is 0 Å². The molecule has 1 rings (SSSR count). The third kappa shape index (κ3) is 1.75. The SMILES string of the molecule is [CH2]c1cc(C)c(CCl)cc1C. The van der Waals surface area contributed by atoms with Crippen molar-refractivity contribution in [2.45, 2.75) is 19.7 Å². The second-order valence-corrected chi connectivity index (χ2v) is 3.11. The Morgan fingerprint density at radius 2 is 1.91 bits per heavy atom. The van der Waals surface area contributed by atoms with Gasteiger partial charge in [0, 0.05) is 5.88 Å². The summed E-state index contributed by atoms with van der Waals surface area (Å²) in [5.41, 5.74) is 4.75. The minimum atomic E-state index is 0.590. The topological polar surface area (TPSA) is 0 Å². The molecule has 0 fully saturated rings. The zero-order valence-corrected chi connectivity index (χ0v) is 7.70. The first-order valence-electron chi connectivity index (χ1n) is 3.63. The Bertz CT molecular complexity index is 264. The van der Waals surface area contributed by atoms with Crippen LogP contribution in [0.2, 0.25) is 0 Å². The van der Waals surface area contributed by atoms with E-state index < -0.39 is 0 Å². The first-order valence-corrected chi connectivity index (χ1v) is 4.16. The summed E-state index contributed by atoms with van der Waals surface area (Å²) in [4.78, 5) is 0. The van der Waals surface area contributed by atoms with Gasteiger partial charge in [0.2, 0.25) is 0 Å². The molecule has 0 bridgehead atoms. The molecule has 0 saturated heterocycles. The van der Waals surface area contributed by atoms with Crippen molar-refractivity contribution in [3.05, 3.63) is 41.3 Å². The largest absolute Gasteiger partial charge is 0.122 e. The lowest BCUT2D eigenvalue weighted by molar-refractivity contribution is 1.25. The number of rotatable bonds is 1. The molecule has 59 valence electrons. The van der Waals surface area contributed by atoms with Crippen molar-refractivity contribution in [1.29, 1.82) is 0 Å². The van der Waals surface area contributed by atoms with Crippen LogP contribution in [0.4, 0.5) is 0 Å². The lowest BCUT2D eigenvalue weighted by atomic mass is 10.0. The van der Waals surface area contributed by atoms with Gasteiger partial charge in [0.15, 0.2) is 0 Å². The molecule has 0 N–H and O–H groups in total. The molecule has 1 aromatic rings. The first-order chi connectivity index (χ1) is 5.15. The van der Waals surface area contributed by atoms with Crippen LogP contribution in [0.25, 0.3) is 0 Å². The van der Waals surface area contributed by atoms with Gasteiger partial charge in [0.05, 0.1) is 0 Å². The second-order valence-electron chi connectivity index (χ2n) is 2.84. The van der Waals surface area contributed by atoms with E-state index in [0.717, 1.165) is 5.56 Å². The van der Waals surface area contributed by atoms with E-state index in [0.29, 0.717) is 5.88 Å². The van der Waals surface area contributed by atoms with Crippen LogP contribution in [0.1, 0.15) is 22.3 Å². The number of benzene rings is 1. The molecule has 11 heavy (non-hydrogen) atoms. The van der Waals surface area contributed by atoms with Crippen LogP contribution in [0.15, 0.2) is 12.1 Å². The van der Waals surface area contributed by atoms with Gasteiger partial charge in [-0.3, -0.25) is 0 Å². The quantitative estimate of drug-likeness (QED) is 0.564. The highest BCUT2D eigenvalue weighted by molar-refractivity contribution is 6.17. The molecule has 0 aliphatic rings. The maximum atomic E-state index is 5.74. The van der Waals surface area contributed by atoms with E-state index in [1.54, 1.807) is 0 Å². The summed E-state index contributed by atoms with van der Waals surface area (Å²) in [6.07, 6.45) is 0. The average Bonchev–Trinajstić information content (AvgIpc) is 1.97. The molecule has 0 unspecified atom stereocenters. The van der Waals surface area contributed by atoms with Gasteiger partial charge in [-0.15, -0.1) is 11.6 Å². The second kappa shape index (κ2) is 3.27.